The lowest BCUT2D eigenvalue weighted by molar-refractivity contribution is -0.128. The van der Waals surface area contributed by atoms with E-state index in [1.807, 2.05) is 32.0 Å². The fourth-order valence-corrected chi connectivity index (χ4v) is 5.52. The van der Waals surface area contributed by atoms with Crippen molar-refractivity contribution in [3.05, 3.63) is 71.2 Å². The van der Waals surface area contributed by atoms with Gasteiger partial charge in [-0.1, -0.05) is 17.9 Å². The summed E-state index contributed by atoms with van der Waals surface area (Å²) in [6, 6.07) is 3.60. The normalized spacial score (nSPS) is 17.9. The molecule has 0 aliphatic carbocycles. The Kier molecular flexibility index (Phi) is 8.50. The Bertz CT molecular complexity index is 1650. The van der Waals surface area contributed by atoms with Crippen LogP contribution in [-0.2, 0) is 11.2 Å². The molecule has 1 aromatic carbocycles. The first-order chi connectivity index (χ1) is 20.6. The second-order valence-electron chi connectivity index (χ2n) is 11.0. The van der Waals surface area contributed by atoms with Gasteiger partial charge in [0.2, 0.25) is 5.91 Å². The second-order valence-corrected chi connectivity index (χ2v) is 11.0. The molecule has 1 fully saturated rings. The third-order valence-electron chi connectivity index (χ3n) is 7.63. The molecule has 3 N–H and O–H groups in total. The van der Waals surface area contributed by atoms with Crippen LogP contribution < -0.4 is 15.4 Å². The molecule has 1 atom stereocenters. The average molecular weight is 589 g/mol. The Hall–Kier alpha value is -4.69. The molecule has 2 aliphatic rings. The van der Waals surface area contributed by atoms with Crippen LogP contribution in [0.4, 0.5) is 20.2 Å². The largest absolute Gasteiger partial charge is 0.492 e. The Labute approximate surface area is 249 Å². The number of ether oxygens (including phenoxy) is 1. The lowest BCUT2D eigenvalue weighted by Gasteiger charge is -2.29. The van der Waals surface area contributed by atoms with E-state index < -0.39 is 17.2 Å². The Morgan fingerprint density at radius 2 is 2.14 bits per heavy atom. The van der Waals surface area contributed by atoms with Crippen molar-refractivity contribution in [2.45, 2.75) is 31.7 Å². The number of nitrogens with one attached hydrogen (secondary N) is 3. The van der Waals surface area contributed by atoms with Gasteiger partial charge in [0.25, 0.3) is 5.91 Å². The van der Waals surface area contributed by atoms with Gasteiger partial charge < -0.3 is 30.2 Å². The third-order valence-corrected chi connectivity index (χ3v) is 7.63. The highest BCUT2D eigenvalue weighted by Crippen LogP contribution is 2.40. The van der Waals surface area contributed by atoms with E-state index in [0.717, 1.165) is 25.0 Å². The van der Waals surface area contributed by atoms with Gasteiger partial charge in [-0.05, 0) is 39.9 Å². The molecule has 0 unspecified atom stereocenters. The number of hydrogen-bond donors (Lipinski definition) is 3. The quantitative estimate of drug-likeness (QED) is 0.282. The molecule has 0 saturated carbocycles. The SMILES string of the molecule is COc1c(F)cc(F)cc1Nc1c(-c2ccncc2C#C[C@]2(C)CCCN2C(=O)/C=C/CN(C)C)[nH]c2c1C(=O)NCC2. The van der Waals surface area contributed by atoms with Crippen molar-refractivity contribution in [1.29, 1.82) is 0 Å². The van der Waals surface area contributed by atoms with Crippen LogP contribution >= 0.6 is 0 Å². The first-order valence-electron chi connectivity index (χ1n) is 14.0. The molecule has 0 bridgehead atoms. The number of H-pyrrole nitrogens is 1. The van der Waals surface area contributed by atoms with Crippen molar-refractivity contribution in [2.75, 3.05) is 46.2 Å². The summed E-state index contributed by atoms with van der Waals surface area (Å²) in [6.45, 7) is 3.66. The fraction of sp³-hybridized carbons (Fsp3) is 0.344. The van der Waals surface area contributed by atoms with E-state index in [2.05, 4.69) is 32.4 Å². The fourth-order valence-electron chi connectivity index (χ4n) is 5.52. The highest BCUT2D eigenvalue weighted by atomic mass is 19.1. The molecule has 4 heterocycles. The molecule has 1 saturated heterocycles. The van der Waals surface area contributed by atoms with Crippen molar-refractivity contribution >= 4 is 23.2 Å². The number of methoxy groups -OCH3 is 1. The number of rotatable bonds is 7. The third kappa shape index (κ3) is 6.10. The predicted molar refractivity (Wildman–Crippen MR) is 160 cm³/mol. The number of fused-ring (bicyclic) bond motifs is 1. The number of aromatic amines is 1. The average Bonchev–Trinajstić information content (AvgIpc) is 3.53. The number of amides is 2. The number of likely N-dealkylation sites (N-methyl/N-ethyl adjacent to an activating group) is 1. The van der Waals surface area contributed by atoms with Gasteiger partial charge in [0.05, 0.1) is 35.3 Å². The summed E-state index contributed by atoms with van der Waals surface area (Å²) in [5, 5.41) is 5.90. The van der Waals surface area contributed by atoms with Crippen molar-refractivity contribution in [1.82, 2.24) is 25.1 Å². The van der Waals surface area contributed by atoms with Crippen LogP contribution in [0.1, 0.15) is 41.4 Å². The molecule has 5 rings (SSSR count). The first kappa shape index (κ1) is 29.8. The molecular weight excluding hydrogens is 554 g/mol. The minimum atomic E-state index is -0.878. The number of anilines is 2. The molecule has 2 amide bonds. The maximum atomic E-state index is 14.6. The van der Waals surface area contributed by atoms with Gasteiger partial charge in [-0.3, -0.25) is 14.6 Å². The standard InChI is InChI=1S/C32H34F2N6O3/c1-32(11-6-16-40(32)26(41)7-5-15-39(2)3)12-8-20-19-35-13-9-22(20)28-29(27-24(37-28)10-14-36-31(27)42)38-25-18-21(33)17-23(34)30(25)43-4/h5,7,9,13,17-19,37-38H,6,10-11,14-16H2,1-4H3,(H,36,42)/b7-5+/t32-/m0/s1. The molecule has 3 aromatic rings. The van der Waals surface area contributed by atoms with Gasteiger partial charge in [-0.2, -0.15) is 0 Å². The van der Waals surface area contributed by atoms with Crippen LogP contribution in [0.5, 0.6) is 5.75 Å². The minimum Gasteiger partial charge on any atom is -0.492 e. The lowest BCUT2D eigenvalue weighted by atomic mass is 9.97. The van der Waals surface area contributed by atoms with E-state index in [0.29, 0.717) is 59.8 Å². The zero-order chi connectivity index (χ0) is 30.7. The maximum Gasteiger partial charge on any atom is 0.255 e. The van der Waals surface area contributed by atoms with Crippen LogP contribution in [0.15, 0.2) is 42.7 Å². The van der Waals surface area contributed by atoms with Gasteiger partial charge in [0, 0.05) is 67.9 Å². The van der Waals surface area contributed by atoms with Crippen molar-refractivity contribution in [2.24, 2.45) is 0 Å². The highest BCUT2D eigenvalue weighted by molar-refractivity contribution is 6.06. The molecule has 0 radical (unpaired) electrons. The molecule has 224 valence electrons. The van der Waals surface area contributed by atoms with Crippen molar-refractivity contribution in [3.8, 4) is 28.8 Å². The molecule has 2 aromatic heterocycles. The predicted octanol–water partition coefficient (Wildman–Crippen LogP) is 4.24. The number of nitrogens with zero attached hydrogens (tertiary/aromatic N) is 3. The van der Waals surface area contributed by atoms with E-state index >= 15 is 0 Å². The number of carbonyl (C=O) groups excluding carboxylic acids is 2. The number of likely N-dealkylation sites (tertiary alicyclic amines) is 1. The maximum absolute atomic E-state index is 14.6. The van der Waals surface area contributed by atoms with Gasteiger partial charge in [-0.15, -0.1) is 0 Å². The van der Waals surface area contributed by atoms with E-state index in [1.165, 1.54) is 7.11 Å². The molecular formula is C32H34F2N6O3. The van der Waals surface area contributed by atoms with Crippen LogP contribution in [0.2, 0.25) is 0 Å². The van der Waals surface area contributed by atoms with Crippen LogP contribution in [0, 0.1) is 23.5 Å². The molecule has 9 nitrogen and oxygen atoms in total. The summed E-state index contributed by atoms with van der Waals surface area (Å²) in [7, 11) is 5.16. The molecule has 0 spiro atoms. The number of carbonyl (C=O) groups is 2. The van der Waals surface area contributed by atoms with Gasteiger partial charge in [0.15, 0.2) is 11.6 Å². The smallest absolute Gasteiger partial charge is 0.255 e. The number of hydrogen-bond acceptors (Lipinski definition) is 6. The number of benzene rings is 1. The van der Waals surface area contributed by atoms with E-state index in [-0.39, 0.29) is 23.3 Å². The summed E-state index contributed by atoms with van der Waals surface area (Å²) in [6.07, 6.45) is 8.74. The summed E-state index contributed by atoms with van der Waals surface area (Å²) in [5.74, 6) is 4.30. The number of aromatic nitrogens is 2. The van der Waals surface area contributed by atoms with Gasteiger partial charge in [0.1, 0.15) is 11.4 Å². The Balaban J connectivity index is 1.56. The summed E-state index contributed by atoms with van der Waals surface area (Å²) in [5.41, 5.74) is 2.40. The summed E-state index contributed by atoms with van der Waals surface area (Å²) >= 11 is 0. The van der Waals surface area contributed by atoms with Crippen LogP contribution in [-0.4, -0.2) is 78.0 Å². The first-order valence-corrected chi connectivity index (χ1v) is 14.0. The van der Waals surface area contributed by atoms with Crippen molar-refractivity contribution < 1.29 is 23.1 Å². The highest BCUT2D eigenvalue weighted by Gasteiger charge is 2.37. The lowest BCUT2D eigenvalue weighted by Crippen LogP contribution is -2.43. The second kappa shape index (κ2) is 12.3. The van der Waals surface area contributed by atoms with Crippen LogP contribution in [0.25, 0.3) is 11.3 Å². The summed E-state index contributed by atoms with van der Waals surface area (Å²) in [4.78, 5) is 37.5. The Morgan fingerprint density at radius 3 is 2.91 bits per heavy atom. The van der Waals surface area contributed by atoms with E-state index in [4.69, 9.17) is 4.74 Å². The number of halogens is 2. The molecule has 2 aliphatic heterocycles. The van der Waals surface area contributed by atoms with E-state index in [9.17, 15) is 18.4 Å². The minimum absolute atomic E-state index is 0.0260. The monoisotopic (exact) mass is 588 g/mol. The van der Waals surface area contributed by atoms with Crippen molar-refractivity contribution in [3.63, 3.8) is 0 Å². The molecule has 43 heavy (non-hydrogen) atoms. The van der Waals surface area contributed by atoms with Gasteiger partial charge in [-0.25, -0.2) is 8.78 Å². The summed E-state index contributed by atoms with van der Waals surface area (Å²) < 4.78 is 34.0. The molecule has 11 heteroatoms. The Morgan fingerprint density at radius 1 is 1.33 bits per heavy atom. The van der Waals surface area contributed by atoms with Gasteiger partial charge >= 0.3 is 0 Å². The zero-order valence-corrected chi connectivity index (χ0v) is 24.6. The van der Waals surface area contributed by atoms with Crippen LogP contribution in [0.3, 0.4) is 0 Å². The van der Waals surface area contributed by atoms with E-state index in [1.54, 1.807) is 29.4 Å². The topological polar surface area (TPSA) is 103 Å². The zero-order valence-electron chi connectivity index (χ0n) is 24.6. The number of pyridine rings is 1.